The molecule has 0 spiro atoms. The lowest BCUT2D eigenvalue weighted by Crippen LogP contribution is -2.44. The maximum atomic E-state index is 14.5. The fourth-order valence-corrected chi connectivity index (χ4v) is 7.85. The van der Waals surface area contributed by atoms with Gasteiger partial charge in [0, 0.05) is 12.2 Å². The summed E-state index contributed by atoms with van der Waals surface area (Å²) in [6.45, 7) is 2.81. The van der Waals surface area contributed by atoms with Gasteiger partial charge in [0.2, 0.25) is 0 Å². The summed E-state index contributed by atoms with van der Waals surface area (Å²) in [5, 5.41) is 35.2. The second kappa shape index (κ2) is 24.1. The molecule has 1 saturated heterocycles. The molecule has 1 aliphatic rings. The molecule has 6 atom stereocenters. The Morgan fingerprint density at radius 1 is 0.965 bits per heavy atom. The topological polar surface area (TPSA) is 204 Å². The molecule has 14 nitrogen and oxygen atoms in total. The van der Waals surface area contributed by atoms with E-state index in [9.17, 15) is 29.3 Å². The summed E-state index contributed by atoms with van der Waals surface area (Å²) < 4.78 is 57.3. The van der Waals surface area contributed by atoms with Crippen molar-refractivity contribution >= 4 is 19.2 Å². The number of benzene rings is 1. The standard InChI is InChI=1S/C41H63FN5O9P/c1-3-4-5-6-7-8-9-10-11-12-13-14-15-16-17-18-23-52-27-33(53-26-32-24-31(25-43)19-20-34(32)42)28-54-57(50,51)55-29-41(2)39(49)37(48)38(56-41)35-21-22-36-40(44)45-30-46-47(35)36/h19-22,24,30,33,37-39,48-49H,3-18,23,26-29H2,1-2H3,(H,50,51)(H2,44,45,46)/t33-,37+,38+,39+,41-/m1/s1. The first kappa shape index (κ1) is 46.7. The van der Waals surface area contributed by atoms with Crippen molar-refractivity contribution in [2.75, 3.05) is 32.2 Å². The van der Waals surface area contributed by atoms with E-state index < -0.39 is 56.9 Å². The number of anilines is 1. The zero-order valence-corrected chi connectivity index (χ0v) is 34.5. The molecule has 1 aliphatic heterocycles. The number of ether oxygens (including phenoxy) is 3. The zero-order valence-electron chi connectivity index (χ0n) is 33.6. The lowest BCUT2D eigenvalue weighted by Gasteiger charge is -2.28. The van der Waals surface area contributed by atoms with Crippen LogP contribution in [0, 0.1) is 17.1 Å². The number of nitrogens with two attached hydrogens (primary N) is 1. The quantitative estimate of drug-likeness (QED) is 0.0389. The van der Waals surface area contributed by atoms with Gasteiger partial charge in [0.15, 0.2) is 5.82 Å². The van der Waals surface area contributed by atoms with E-state index in [0.29, 0.717) is 17.8 Å². The van der Waals surface area contributed by atoms with Gasteiger partial charge in [-0.3, -0.25) is 9.05 Å². The van der Waals surface area contributed by atoms with E-state index in [0.717, 1.165) is 19.3 Å². The van der Waals surface area contributed by atoms with Crippen LogP contribution in [-0.4, -0.2) is 80.0 Å². The van der Waals surface area contributed by atoms with E-state index in [2.05, 4.69) is 17.0 Å². The van der Waals surface area contributed by atoms with E-state index in [1.165, 1.54) is 119 Å². The third-order valence-electron chi connectivity index (χ3n) is 10.5. The van der Waals surface area contributed by atoms with E-state index >= 15 is 0 Å². The molecule has 1 fully saturated rings. The number of nitrogen functional groups attached to an aromatic ring is 1. The summed E-state index contributed by atoms with van der Waals surface area (Å²) in [7, 11) is -4.78. The molecule has 2 aromatic heterocycles. The second-order valence-electron chi connectivity index (χ2n) is 15.3. The fourth-order valence-electron chi connectivity index (χ4n) is 7.00. The predicted molar refractivity (Wildman–Crippen MR) is 213 cm³/mol. The number of hydrogen-bond acceptors (Lipinski definition) is 12. The number of unbranched alkanes of at least 4 members (excludes halogenated alkanes) is 15. The fraction of sp³-hybridized carbons (Fsp3) is 0.683. The van der Waals surface area contributed by atoms with Crippen molar-refractivity contribution in [3.05, 3.63) is 59.3 Å². The van der Waals surface area contributed by atoms with Crippen molar-refractivity contribution in [2.45, 2.75) is 153 Å². The Kier molecular flexibility index (Phi) is 19.8. The Balaban J connectivity index is 1.19. The summed E-state index contributed by atoms with van der Waals surface area (Å²) in [6.07, 6.45) is 16.5. The van der Waals surface area contributed by atoms with Crippen molar-refractivity contribution in [1.82, 2.24) is 14.6 Å². The lowest BCUT2D eigenvalue weighted by atomic mass is 9.97. The van der Waals surface area contributed by atoms with Crippen molar-refractivity contribution in [1.29, 1.82) is 5.26 Å². The normalized spacial score (nSPS) is 21.2. The predicted octanol–water partition coefficient (Wildman–Crippen LogP) is 7.87. The van der Waals surface area contributed by atoms with Gasteiger partial charge in [-0.15, -0.1) is 0 Å². The van der Waals surface area contributed by atoms with Gasteiger partial charge >= 0.3 is 7.82 Å². The van der Waals surface area contributed by atoms with Gasteiger partial charge in [-0.05, 0) is 43.7 Å². The van der Waals surface area contributed by atoms with Gasteiger partial charge < -0.3 is 35.1 Å². The minimum atomic E-state index is -4.78. The molecule has 3 heterocycles. The summed E-state index contributed by atoms with van der Waals surface area (Å²) in [5.74, 6) is -0.352. The molecule has 0 bridgehead atoms. The van der Waals surface area contributed by atoms with Crippen LogP contribution in [0.1, 0.15) is 140 Å². The van der Waals surface area contributed by atoms with Crippen LogP contribution in [0.4, 0.5) is 10.2 Å². The molecule has 16 heteroatoms. The summed E-state index contributed by atoms with van der Waals surface area (Å²) >= 11 is 0. The molecule has 318 valence electrons. The van der Waals surface area contributed by atoms with Gasteiger partial charge in [0.1, 0.15) is 47.7 Å². The van der Waals surface area contributed by atoms with E-state index in [4.69, 9.17) is 29.0 Å². The first-order valence-electron chi connectivity index (χ1n) is 20.6. The average Bonchev–Trinajstić information content (AvgIpc) is 3.73. The van der Waals surface area contributed by atoms with Crippen LogP contribution < -0.4 is 5.73 Å². The smallest absolute Gasteiger partial charge is 0.387 e. The van der Waals surface area contributed by atoms with Crippen molar-refractivity contribution in [2.24, 2.45) is 0 Å². The summed E-state index contributed by atoms with van der Waals surface area (Å²) in [5.41, 5.74) is 5.56. The number of halogens is 1. The SMILES string of the molecule is CCCCCCCCCCCCCCCCCCOC[C@H](COP(=O)(O)OC[C@@]1(C)O[C@@H](c2ccc3c(N)ncnn23)[C@H](O)[C@@H]1O)OCc1cc(C#N)ccc1F. The molecule has 0 aliphatic carbocycles. The minimum Gasteiger partial charge on any atom is -0.387 e. The number of aliphatic hydroxyl groups excluding tert-OH is 2. The number of rotatable bonds is 29. The number of aliphatic hydroxyl groups is 2. The van der Waals surface area contributed by atoms with E-state index in [1.807, 2.05) is 6.07 Å². The molecule has 1 aromatic carbocycles. The van der Waals surface area contributed by atoms with E-state index in [-0.39, 0.29) is 30.2 Å². The molecule has 3 aromatic rings. The Hall–Kier alpha value is -3.03. The van der Waals surface area contributed by atoms with Gasteiger partial charge in [-0.25, -0.2) is 18.5 Å². The first-order chi connectivity index (χ1) is 27.5. The number of nitriles is 1. The number of aromatic nitrogens is 3. The number of hydrogen-bond donors (Lipinski definition) is 4. The maximum Gasteiger partial charge on any atom is 0.472 e. The van der Waals surface area contributed by atoms with Crippen molar-refractivity contribution < 1.29 is 47.3 Å². The Morgan fingerprint density at radius 3 is 2.23 bits per heavy atom. The van der Waals surface area contributed by atoms with E-state index in [1.54, 1.807) is 12.1 Å². The number of nitrogens with zero attached hydrogens (tertiary/aromatic N) is 4. The Morgan fingerprint density at radius 2 is 1.60 bits per heavy atom. The Labute approximate surface area is 336 Å². The Bertz CT molecular complexity index is 1730. The maximum absolute atomic E-state index is 14.5. The molecule has 1 unspecified atom stereocenters. The average molecular weight is 820 g/mol. The van der Waals surface area contributed by atoms with Gasteiger partial charge in [-0.1, -0.05) is 103 Å². The highest BCUT2D eigenvalue weighted by Crippen LogP contribution is 2.47. The highest BCUT2D eigenvalue weighted by molar-refractivity contribution is 7.47. The second-order valence-corrected chi connectivity index (χ2v) is 16.7. The van der Waals surface area contributed by atoms with Crippen LogP contribution in [0.3, 0.4) is 0 Å². The van der Waals surface area contributed by atoms with Crippen LogP contribution in [0.2, 0.25) is 0 Å². The number of phosphoric ester groups is 1. The van der Waals surface area contributed by atoms with Gasteiger partial charge in [0.25, 0.3) is 0 Å². The molecule has 5 N–H and O–H groups in total. The van der Waals surface area contributed by atoms with Crippen LogP contribution in [0.25, 0.3) is 5.52 Å². The number of phosphoric acid groups is 1. The van der Waals surface area contributed by atoms with Crippen LogP contribution >= 0.6 is 7.82 Å². The molecule has 57 heavy (non-hydrogen) atoms. The van der Waals surface area contributed by atoms with Gasteiger partial charge in [-0.2, -0.15) is 10.4 Å². The van der Waals surface area contributed by atoms with Crippen LogP contribution in [-0.2, 0) is 34.4 Å². The van der Waals surface area contributed by atoms with Crippen LogP contribution in [0.15, 0.2) is 36.7 Å². The van der Waals surface area contributed by atoms with Crippen molar-refractivity contribution in [3.8, 4) is 6.07 Å². The highest BCUT2D eigenvalue weighted by Gasteiger charge is 2.53. The third-order valence-corrected chi connectivity index (χ3v) is 11.4. The molecular formula is C41H63FN5O9P. The summed E-state index contributed by atoms with van der Waals surface area (Å²) in [4.78, 5) is 14.6. The number of fused-ring (bicyclic) bond motifs is 1. The molecule has 0 amide bonds. The zero-order chi connectivity index (χ0) is 41.1. The third kappa shape index (κ3) is 14.9. The largest absolute Gasteiger partial charge is 0.472 e. The molecule has 4 rings (SSSR count). The minimum absolute atomic E-state index is 0.00888. The highest BCUT2D eigenvalue weighted by atomic mass is 31.2. The lowest BCUT2D eigenvalue weighted by molar-refractivity contribution is -0.102. The van der Waals surface area contributed by atoms with Crippen molar-refractivity contribution in [3.63, 3.8) is 0 Å². The van der Waals surface area contributed by atoms with Crippen LogP contribution in [0.5, 0.6) is 0 Å². The monoisotopic (exact) mass is 819 g/mol. The van der Waals surface area contributed by atoms with Gasteiger partial charge in [0.05, 0.1) is 43.8 Å². The molecular weight excluding hydrogens is 756 g/mol. The molecule has 0 saturated carbocycles. The first-order valence-corrected chi connectivity index (χ1v) is 22.1. The molecule has 0 radical (unpaired) electrons. The summed E-state index contributed by atoms with van der Waals surface area (Å²) in [6, 6.07) is 9.15.